The quantitative estimate of drug-likeness (QED) is 0.466. The second-order valence-corrected chi connectivity index (χ2v) is 7.87. The summed E-state index contributed by atoms with van der Waals surface area (Å²) in [5.74, 6) is 0.440. The van der Waals surface area contributed by atoms with E-state index in [4.69, 9.17) is 4.74 Å². The third kappa shape index (κ3) is 4.68. The summed E-state index contributed by atoms with van der Waals surface area (Å²) in [6, 6.07) is 20.3. The lowest BCUT2D eigenvalue weighted by molar-refractivity contribution is -0.116. The van der Waals surface area contributed by atoms with Gasteiger partial charge in [0, 0.05) is 18.8 Å². The molecule has 0 aliphatic carbocycles. The topological polar surface area (TPSA) is 89.4 Å². The molecule has 0 bridgehead atoms. The van der Waals surface area contributed by atoms with Crippen molar-refractivity contribution in [3.8, 4) is 22.1 Å². The lowest BCUT2D eigenvalue weighted by Gasteiger charge is -2.15. The van der Waals surface area contributed by atoms with Gasteiger partial charge in [0.25, 0.3) is 5.91 Å². The van der Waals surface area contributed by atoms with Gasteiger partial charge in [-0.3, -0.25) is 9.59 Å². The minimum atomic E-state index is -0.446. The molecular formula is C23H21N5O3S. The number of hydrogen-bond donors (Lipinski definition) is 1. The van der Waals surface area contributed by atoms with Crippen molar-refractivity contribution in [2.75, 3.05) is 26.0 Å². The number of hydrogen-bond acceptors (Lipinski definition) is 6. The van der Waals surface area contributed by atoms with E-state index in [1.807, 2.05) is 47.8 Å². The van der Waals surface area contributed by atoms with Gasteiger partial charge in [0.15, 0.2) is 5.82 Å². The lowest BCUT2D eigenvalue weighted by Crippen LogP contribution is -2.35. The Kier molecular flexibility index (Phi) is 6.27. The molecule has 32 heavy (non-hydrogen) atoms. The van der Waals surface area contributed by atoms with Crippen molar-refractivity contribution in [3.05, 3.63) is 77.9 Å². The number of nitrogens with zero attached hydrogens (tertiary/aromatic N) is 4. The Labute approximate surface area is 189 Å². The second kappa shape index (κ2) is 9.44. The van der Waals surface area contributed by atoms with Crippen molar-refractivity contribution in [2.45, 2.75) is 0 Å². The molecule has 9 heteroatoms. The molecule has 0 saturated carbocycles. The normalized spacial score (nSPS) is 10.6. The van der Waals surface area contributed by atoms with Gasteiger partial charge in [0.1, 0.15) is 5.75 Å². The predicted octanol–water partition coefficient (Wildman–Crippen LogP) is 3.72. The Hall–Kier alpha value is -3.98. The molecule has 2 aromatic carbocycles. The van der Waals surface area contributed by atoms with Crippen LogP contribution in [0, 0.1) is 0 Å². The van der Waals surface area contributed by atoms with Crippen LogP contribution in [-0.2, 0) is 4.79 Å². The van der Waals surface area contributed by atoms with Crippen LogP contribution in [0.2, 0.25) is 0 Å². The molecule has 0 atom stereocenters. The summed E-state index contributed by atoms with van der Waals surface area (Å²) in [5, 5.41) is 9.15. The van der Waals surface area contributed by atoms with Crippen LogP contribution in [0.3, 0.4) is 0 Å². The number of methoxy groups -OCH3 is 1. The van der Waals surface area contributed by atoms with E-state index in [9.17, 15) is 9.59 Å². The van der Waals surface area contributed by atoms with Crippen LogP contribution >= 0.6 is 11.3 Å². The number of likely N-dealkylation sites (N-methyl/N-ethyl adjacent to an activating group) is 1. The second-order valence-electron chi connectivity index (χ2n) is 6.93. The van der Waals surface area contributed by atoms with Crippen LogP contribution < -0.4 is 10.1 Å². The average molecular weight is 448 g/mol. The zero-order valence-corrected chi connectivity index (χ0v) is 18.4. The van der Waals surface area contributed by atoms with Crippen LogP contribution in [0.5, 0.6) is 5.75 Å². The molecule has 162 valence electrons. The molecule has 2 amide bonds. The molecule has 0 unspecified atom stereocenters. The molecule has 2 heterocycles. The van der Waals surface area contributed by atoms with Crippen molar-refractivity contribution in [1.29, 1.82) is 0 Å². The zero-order chi connectivity index (χ0) is 22.5. The molecule has 8 nitrogen and oxygen atoms in total. The molecular weight excluding hydrogens is 426 g/mol. The van der Waals surface area contributed by atoms with E-state index in [2.05, 4.69) is 15.4 Å². The number of ether oxygens (including phenoxy) is 1. The fourth-order valence-corrected chi connectivity index (χ4v) is 3.77. The number of para-hydroxylation sites is 1. The molecule has 2 aromatic heterocycles. The molecule has 0 spiro atoms. The molecule has 0 aliphatic rings. The first kappa shape index (κ1) is 21.3. The van der Waals surface area contributed by atoms with Gasteiger partial charge in [-0.2, -0.15) is 0 Å². The van der Waals surface area contributed by atoms with Crippen LogP contribution in [0.4, 0.5) is 5.69 Å². The van der Waals surface area contributed by atoms with Gasteiger partial charge in [-0.05, 0) is 35.7 Å². The highest BCUT2D eigenvalue weighted by molar-refractivity contribution is 7.13. The van der Waals surface area contributed by atoms with Gasteiger partial charge < -0.3 is 15.0 Å². The summed E-state index contributed by atoms with van der Waals surface area (Å²) in [6.45, 7) is -0.149. The van der Waals surface area contributed by atoms with Crippen LogP contribution in [-0.4, -0.2) is 52.2 Å². The maximum absolute atomic E-state index is 13.0. The van der Waals surface area contributed by atoms with E-state index in [0.29, 0.717) is 17.3 Å². The molecule has 0 radical (unpaired) electrons. The number of carbonyl (C=O) groups excluding carboxylic acids is 2. The summed E-state index contributed by atoms with van der Waals surface area (Å²) >= 11 is 1.51. The number of nitrogens with one attached hydrogen (secondary N) is 1. The summed E-state index contributed by atoms with van der Waals surface area (Å²) in [6.07, 6.45) is 0. The molecule has 4 rings (SSSR count). The van der Waals surface area contributed by atoms with Crippen LogP contribution in [0.25, 0.3) is 16.4 Å². The van der Waals surface area contributed by atoms with Gasteiger partial charge in [-0.1, -0.05) is 30.3 Å². The van der Waals surface area contributed by atoms with Crippen molar-refractivity contribution in [2.24, 2.45) is 0 Å². The van der Waals surface area contributed by atoms with Crippen molar-refractivity contribution < 1.29 is 14.3 Å². The predicted molar refractivity (Wildman–Crippen MR) is 123 cm³/mol. The molecule has 1 N–H and O–H groups in total. The van der Waals surface area contributed by atoms with Crippen LogP contribution in [0.1, 0.15) is 10.6 Å². The minimum absolute atomic E-state index is 0.0222. The smallest absolute Gasteiger partial charge is 0.293 e. The fourth-order valence-electron chi connectivity index (χ4n) is 3.08. The number of amides is 2. The Morgan fingerprint density at radius 2 is 1.91 bits per heavy atom. The third-order valence-electron chi connectivity index (χ3n) is 4.62. The van der Waals surface area contributed by atoms with Crippen LogP contribution in [0.15, 0.2) is 72.1 Å². The Morgan fingerprint density at radius 3 is 2.62 bits per heavy atom. The van der Waals surface area contributed by atoms with E-state index < -0.39 is 5.91 Å². The number of thiophene rings is 1. The lowest BCUT2D eigenvalue weighted by atomic mass is 10.3. The van der Waals surface area contributed by atoms with Gasteiger partial charge in [-0.15, -0.1) is 16.4 Å². The number of carbonyl (C=O) groups is 2. The van der Waals surface area contributed by atoms with Gasteiger partial charge in [0.2, 0.25) is 11.7 Å². The highest BCUT2D eigenvalue weighted by atomic mass is 32.1. The first-order valence-electron chi connectivity index (χ1n) is 9.81. The Morgan fingerprint density at radius 1 is 1.09 bits per heavy atom. The Bertz CT molecular complexity index is 1220. The average Bonchev–Trinajstić information content (AvgIpc) is 3.49. The number of anilines is 1. The molecule has 0 aliphatic heterocycles. The Balaban J connectivity index is 1.53. The summed E-state index contributed by atoms with van der Waals surface area (Å²) in [5.41, 5.74) is 1.38. The highest BCUT2D eigenvalue weighted by Crippen LogP contribution is 2.25. The van der Waals surface area contributed by atoms with Crippen molar-refractivity contribution >= 4 is 28.8 Å². The monoisotopic (exact) mass is 447 g/mol. The van der Waals surface area contributed by atoms with Gasteiger partial charge in [0.05, 0.1) is 24.2 Å². The van der Waals surface area contributed by atoms with Gasteiger partial charge in [-0.25, -0.2) is 9.67 Å². The summed E-state index contributed by atoms with van der Waals surface area (Å²) in [4.78, 5) is 32.1. The third-order valence-corrected chi connectivity index (χ3v) is 5.49. The summed E-state index contributed by atoms with van der Waals surface area (Å²) < 4.78 is 6.80. The van der Waals surface area contributed by atoms with E-state index >= 15 is 0 Å². The molecule has 0 saturated heterocycles. The zero-order valence-electron chi connectivity index (χ0n) is 17.6. The SMILES string of the molecule is COc1cccc(NC(=O)CN(C)C(=O)c2nc(-c3cccs3)n(-c3ccccc3)n2)c1. The maximum Gasteiger partial charge on any atom is 0.293 e. The fraction of sp³-hybridized carbons (Fsp3) is 0.130. The van der Waals surface area contributed by atoms with E-state index in [-0.39, 0.29) is 18.3 Å². The number of benzene rings is 2. The largest absolute Gasteiger partial charge is 0.497 e. The van der Waals surface area contributed by atoms with Crippen molar-refractivity contribution in [3.63, 3.8) is 0 Å². The maximum atomic E-state index is 13.0. The van der Waals surface area contributed by atoms with E-state index in [1.54, 1.807) is 43.1 Å². The van der Waals surface area contributed by atoms with Gasteiger partial charge >= 0.3 is 0 Å². The van der Waals surface area contributed by atoms with E-state index in [1.165, 1.54) is 16.2 Å². The standard InChI is InChI=1S/C23H21N5O3S/c1-27(15-20(29)24-16-8-6-11-18(14-16)31-2)23(30)21-25-22(19-12-7-13-32-19)28(26-21)17-9-4-3-5-10-17/h3-14H,15H2,1-2H3,(H,24,29). The summed E-state index contributed by atoms with van der Waals surface area (Å²) in [7, 11) is 3.10. The first-order chi connectivity index (χ1) is 15.5. The molecule has 0 fully saturated rings. The number of rotatable bonds is 7. The molecule has 4 aromatic rings. The minimum Gasteiger partial charge on any atom is -0.497 e. The number of aromatic nitrogens is 3. The first-order valence-corrected chi connectivity index (χ1v) is 10.7. The highest BCUT2D eigenvalue weighted by Gasteiger charge is 2.23. The van der Waals surface area contributed by atoms with Crippen molar-refractivity contribution in [1.82, 2.24) is 19.7 Å². The van der Waals surface area contributed by atoms with E-state index in [0.717, 1.165) is 10.6 Å².